The number of benzene rings is 1. The molecule has 4 aromatic rings. The lowest BCUT2D eigenvalue weighted by atomic mass is 10.1. The first-order chi connectivity index (χ1) is 13.3. The van der Waals surface area contributed by atoms with Gasteiger partial charge in [0.25, 0.3) is 11.7 Å². The quantitative estimate of drug-likeness (QED) is 0.561. The van der Waals surface area contributed by atoms with Crippen molar-refractivity contribution < 1.29 is 18.0 Å². The van der Waals surface area contributed by atoms with Crippen molar-refractivity contribution in [3.05, 3.63) is 59.0 Å². The summed E-state index contributed by atoms with van der Waals surface area (Å²) < 4.78 is 40.0. The van der Waals surface area contributed by atoms with Crippen LogP contribution in [0.4, 0.5) is 18.3 Å². The monoisotopic (exact) mass is 404 g/mol. The van der Waals surface area contributed by atoms with Crippen LogP contribution in [-0.4, -0.2) is 30.5 Å². The summed E-state index contributed by atoms with van der Waals surface area (Å²) in [6.45, 7) is 1.80. The summed E-state index contributed by atoms with van der Waals surface area (Å²) in [5.74, 6) is -0.388. The number of anilines is 1. The van der Waals surface area contributed by atoms with Gasteiger partial charge in [0.1, 0.15) is 0 Å². The number of aromatic nitrogens is 5. The summed E-state index contributed by atoms with van der Waals surface area (Å²) in [6.07, 6.45) is -2.88. The zero-order valence-electron chi connectivity index (χ0n) is 14.2. The maximum Gasteiger partial charge on any atom is 0.416 e. The third kappa shape index (κ3) is 3.43. The molecule has 28 heavy (non-hydrogen) atoms. The third-order valence-electron chi connectivity index (χ3n) is 3.84. The fourth-order valence-corrected chi connectivity index (χ4v) is 3.19. The number of carbonyl (C=O) groups excluding carboxylic acids is 1. The maximum absolute atomic E-state index is 12.9. The molecule has 0 fully saturated rings. The Morgan fingerprint density at radius 2 is 2.04 bits per heavy atom. The topological polar surface area (TPSA) is 85.1 Å². The minimum absolute atomic E-state index is 0.0855. The van der Waals surface area contributed by atoms with E-state index in [4.69, 9.17) is 0 Å². The summed E-state index contributed by atoms with van der Waals surface area (Å²) in [5.41, 5.74) is 0.627. The van der Waals surface area contributed by atoms with Crippen molar-refractivity contribution in [3.63, 3.8) is 0 Å². The molecule has 0 aliphatic rings. The Kier molecular flexibility index (Phi) is 4.30. The normalized spacial score (nSPS) is 11.7. The van der Waals surface area contributed by atoms with E-state index in [-0.39, 0.29) is 16.7 Å². The molecule has 0 bridgehead atoms. The van der Waals surface area contributed by atoms with Gasteiger partial charge in [-0.3, -0.25) is 10.1 Å². The summed E-state index contributed by atoms with van der Waals surface area (Å²) in [4.78, 5) is 24.6. The van der Waals surface area contributed by atoms with Gasteiger partial charge in [0, 0.05) is 22.8 Å². The summed E-state index contributed by atoms with van der Waals surface area (Å²) in [6, 6.07) is 6.56. The molecule has 0 spiro atoms. The Hall–Kier alpha value is -3.34. The molecule has 1 aromatic carbocycles. The van der Waals surface area contributed by atoms with Crippen molar-refractivity contribution in [1.82, 2.24) is 24.6 Å². The van der Waals surface area contributed by atoms with Crippen molar-refractivity contribution in [1.29, 1.82) is 0 Å². The van der Waals surface area contributed by atoms with Crippen molar-refractivity contribution in [2.45, 2.75) is 13.1 Å². The molecule has 11 heteroatoms. The fraction of sp³-hybridized carbons (Fsp3) is 0.118. The Bertz CT molecular complexity index is 1180. The van der Waals surface area contributed by atoms with E-state index in [9.17, 15) is 18.0 Å². The predicted molar refractivity (Wildman–Crippen MR) is 96.0 cm³/mol. The Morgan fingerprint density at radius 1 is 1.21 bits per heavy atom. The van der Waals surface area contributed by atoms with Gasteiger partial charge < -0.3 is 0 Å². The number of alkyl halides is 3. The van der Waals surface area contributed by atoms with E-state index >= 15 is 0 Å². The number of fused-ring (bicyclic) bond motifs is 1. The molecule has 7 nitrogen and oxygen atoms in total. The van der Waals surface area contributed by atoms with Crippen LogP contribution in [0.25, 0.3) is 17.0 Å². The maximum atomic E-state index is 12.9. The zero-order chi connectivity index (χ0) is 19.9. The highest BCUT2D eigenvalue weighted by Crippen LogP contribution is 2.33. The molecule has 142 valence electrons. The second-order valence-electron chi connectivity index (χ2n) is 5.80. The van der Waals surface area contributed by atoms with E-state index < -0.39 is 17.6 Å². The van der Waals surface area contributed by atoms with E-state index in [2.05, 4.69) is 25.4 Å². The van der Waals surface area contributed by atoms with Crippen LogP contribution in [-0.2, 0) is 6.18 Å². The number of rotatable bonds is 3. The molecule has 0 unspecified atom stereocenters. The van der Waals surface area contributed by atoms with Crippen LogP contribution < -0.4 is 5.32 Å². The molecular weight excluding hydrogens is 393 g/mol. The highest BCUT2D eigenvalue weighted by atomic mass is 32.1. The first-order valence-electron chi connectivity index (χ1n) is 7.94. The van der Waals surface area contributed by atoms with Gasteiger partial charge in [-0.15, -0.1) is 16.4 Å². The van der Waals surface area contributed by atoms with E-state index in [1.807, 2.05) is 0 Å². The van der Waals surface area contributed by atoms with Crippen LogP contribution in [0.3, 0.4) is 0 Å². The van der Waals surface area contributed by atoms with Gasteiger partial charge in [0.15, 0.2) is 5.13 Å². The van der Waals surface area contributed by atoms with Gasteiger partial charge in [-0.1, -0.05) is 12.1 Å². The lowest BCUT2D eigenvalue weighted by Gasteiger charge is -2.07. The lowest BCUT2D eigenvalue weighted by molar-refractivity contribution is -0.137. The molecule has 1 N–H and O–H groups in total. The predicted octanol–water partition coefficient (Wildman–Crippen LogP) is 3.83. The van der Waals surface area contributed by atoms with Gasteiger partial charge in [-0.2, -0.15) is 18.2 Å². The number of carbonyl (C=O) groups is 1. The van der Waals surface area contributed by atoms with Gasteiger partial charge >= 0.3 is 6.18 Å². The van der Waals surface area contributed by atoms with E-state index in [0.717, 1.165) is 29.2 Å². The fourth-order valence-electron chi connectivity index (χ4n) is 2.47. The molecule has 0 radical (unpaired) electrons. The minimum Gasteiger partial charge on any atom is -0.295 e. The van der Waals surface area contributed by atoms with Crippen LogP contribution in [0.1, 0.15) is 21.9 Å². The standard InChI is InChI=1S/C17H11F3N6OS/c1-9-5-6-21-15-23-13(25-26(9)15)14(27)24-16-22-12(8-28-16)10-3-2-4-11(7-10)17(18,19)20/h2-8H,1H3,(H,22,24,27). The third-order valence-corrected chi connectivity index (χ3v) is 4.60. The van der Waals surface area contributed by atoms with E-state index in [0.29, 0.717) is 11.3 Å². The number of hydrogen-bond donors (Lipinski definition) is 1. The number of nitrogens with zero attached hydrogens (tertiary/aromatic N) is 5. The highest BCUT2D eigenvalue weighted by molar-refractivity contribution is 7.14. The minimum atomic E-state index is -4.44. The molecule has 3 heterocycles. The molecule has 0 aliphatic heterocycles. The molecule has 4 rings (SSSR count). The van der Waals surface area contributed by atoms with Crippen LogP contribution in [0.2, 0.25) is 0 Å². The smallest absolute Gasteiger partial charge is 0.295 e. The van der Waals surface area contributed by atoms with Crippen LogP contribution in [0.15, 0.2) is 41.9 Å². The van der Waals surface area contributed by atoms with Gasteiger partial charge in [-0.25, -0.2) is 14.5 Å². The number of amides is 1. The molecule has 0 atom stereocenters. The lowest BCUT2D eigenvalue weighted by Crippen LogP contribution is -2.13. The average molecular weight is 404 g/mol. The number of halogens is 3. The van der Waals surface area contributed by atoms with Crippen molar-refractivity contribution >= 4 is 28.2 Å². The molecule has 3 aromatic heterocycles. The average Bonchev–Trinajstić information content (AvgIpc) is 3.29. The molecule has 0 saturated carbocycles. The van der Waals surface area contributed by atoms with Gasteiger partial charge in [0.05, 0.1) is 11.3 Å². The zero-order valence-corrected chi connectivity index (χ0v) is 15.0. The summed E-state index contributed by atoms with van der Waals surface area (Å²) in [7, 11) is 0. The number of thiazole rings is 1. The SMILES string of the molecule is Cc1ccnc2nc(C(=O)Nc3nc(-c4cccc(C(F)(F)F)c4)cs3)nn12. The number of hydrogen-bond acceptors (Lipinski definition) is 6. The Balaban J connectivity index is 1.56. The van der Waals surface area contributed by atoms with Crippen molar-refractivity contribution in [2.24, 2.45) is 0 Å². The van der Waals surface area contributed by atoms with Crippen molar-refractivity contribution in [2.75, 3.05) is 5.32 Å². The Morgan fingerprint density at radius 3 is 2.79 bits per heavy atom. The molecular formula is C17H11F3N6OS. The van der Waals surface area contributed by atoms with E-state index in [1.54, 1.807) is 24.6 Å². The molecule has 1 amide bonds. The molecule has 0 saturated heterocycles. The Labute approximate surface area is 159 Å². The van der Waals surface area contributed by atoms with Crippen LogP contribution in [0.5, 0.6) is 0 Å². The first-order valence-corrected chi connectivity index (χ1v) is 8.82. The summed E-state index contributed by atoms with van der Waals surface area (Å²) >= 11 is 1.09. The number of aryl methyl sites for hydroxylation is 1. The van der Waals surface area contributed by atoms with Crippen LogP contribution in [0, 0.1) is 6.92 Å². The van der Waals surface area contributed by atoms with Crippen LogP contribution >= 0.6 is 11.3 Å². The van der Waals surface area contributed by atoms with Crippen molar-refractivity contribution in [3.8, 4) is 11.3 Å². The van der Waals surface area contributed by atoms with Gasteiger partial charge in [-0.05, 0) is 25.1 Å². The number of nitrogens with one attached hydrogen (secondary N) is 1. The van der Waals surface area contributed by atoms with E-state index in [1.165, 1.54) is 16.6 Å². The van der Waals surface area contributed by atoms with Gasteiger partial charge in [0.2, 0.25) is 5.82 Å². The largest absolute Gasteiger partial charge is 0.416 e. The summed E-state index contributed by atoms with van der Waals surface area (Å²) in [5, 5.41) is 8.44. The second kappa shape index (κ2) is 6.68. The first kappa shape index (κ1) is 18.0. The second-order valence-corrected chi connectivity index (χ2v) is 6.66. The molecule has 0 aliphatic carbocycles. The highest BCUT2D eigenvalue weighted by Gasteiger charge is 2.30.